The van der Waals surface area contributed by atoms with Gasteiger partial charge in [0.1, 0.15) is 11.5 Å². The maximum atomic E-state index is 5.86. The van der Waals surface area contributed by atoms with Gasteiger partial charge < -0.3 is 9.47 Å². The minimum Gasteiger partial charge on any atom is -0.493 e. The Labute approximate surface area is 142 Å². The minimum atomic E-state index is 0.594. The first-order valence-electron chi connectivity index (χ1n) is 8.40. The maximum Gasteiger partial charge on any atom is 0.219 e. The van der Waals surface area contributed by atoms with Gasteiger partial charge in [0.15, 0.2) is 0 Å². The molecule has 1 heterocycles. The van der Waals surface area contributed by atoms with Crippen molar-refractivity contribution in [3.63, 3.8) is 0 Å². The summed E-state index contributed by atoms with van der Waals surface area (Å²) in [6.45, 7) is 4.74. The van der Waals surface area contributed by atoms with Crippen molar-refractivity contribution in [2.75, 3.05) is 6.61 Å². The van der Waals surface area contributed by atoms with Crippen molar-refractivity contribution in [1.29, 1.82) is 0 Å². The van der Waals surface area contributed by atoms with Crippen LogP contribution in [0.5, 0.6) is 17.4 Å². The van der Waals surface area contributed by atoms with Crippen molar-refractivity contribution in [2.24, 2.45) is 5.92 Å². The lowest BCUT2D eigenvalue weighted by atomic mass is 10.1. The number of hydrogen-bond acceptors (Lipinski definition) is 3. The average molecular weight is 318 g/mol. The Bertz CT molecular complexity index is 838. The molecule has 3 nitrogen and oxygen atoms in total. The lowest BCUT2D eigenvalue weighted by Gasteiger charge is -2.08. The Morgan fingerprint density at radius 1 is 0.958 bits per heavy atom. The second kappa shape index (κ2) is 6.52. The van der Waals surface area contributed by atoms with E-state index in [9.17, 15) is 0 Å². The highest BCUT2D eigenvalue weighted by Gasteiger charge is 2.21. The summed E-state index contributed by atoms with van der Waals surface area (Å²) < 4.78 is 11.6. The molecule has 24 heavy (non-hydrogen) atoms. The number of aromatic nitrogens is 1. The minimum absolute atomic E-state index is 0.594. The molecule has 1 aliphatic carbocycles. The summed E-state index contributed by atoms with van der Waals surface area (Å²) >= 11 is 0. The Morgan fingerprint density at radius 3 is 2.50 bits per heavy atom. The normalized spacial score (nSPS) is 13.9. The zero-order valence-electron chi connectivity index (χ0n) is 13.6. The van der Waals surface area contributed by atoms with Crippen LogP contribution in [0.1, 0.15) is 18.4 Å². The first-order chi connectivity index (χ1) is 11.8. The molecule has 1 fully saturated rings. The Morgan fingerprint density at radius 2 is 1.75 bits per heavy atom. The number of rotatable bonds is 6. The fraction of sp³-hybridized carbons (Fsp3) is 0.238. The fourth-order valence-electron chi connectivity index (χ4n) is 2.59. The summed E-state index contributed by atoms with van der Waals surface area (Å²) in [5, 5.41) is 1.10. The van der Waals surface area contributed by atoms with Crippen molar-refractivity contribution in [3.05, 3.63) is 67.1 Å². The van der Waals surface area contributed by atoms with Crippen molar-refractivity contribution in [3.8, 4) is 17.4 Å². The SMILES string of the molecule is [CH2]Cc1ccc2nc(Oc3ccc(OCC4CC4)cc3)ccc2c1. The summed E-state index contributed by atoms with van der Waals surface area (Å²) in [6, 6.07) is 17.8. The molecule has 0 N–H and O–H groups in total. The molecule has 1 aliphatic rings. The van der Waals surface area contributed by atoms with Gasteiger partial charge in [0.2, 0.25) is 5.88 Å². The number of fused-ring (bicyclic) bond motifs is 1. The highest BCUT2D eigenvalue weighted by molar-refractivity contribution is 5.79. The van der Waals surface area contributed by atoms with Crippen molar-refractivity contribution in [2.45, 2.75) is 19.3 Å². The predicted molar refractivity (Wildman–Crippen MR) is 95.5 cm³/mol. The van der Waals surface area contributed by atoms with Crippen LogP contribution >= 0.6 is 0 Å². The van der Waals surface area contributed by atoms with Gasteiger partial charge in [-0.1, -0.05) is 6.07 Å². The molecule has 0 atom stereocenters. The lowest BCUT2D eigenvalue weighted by molar-refractivity contribution is 0.299. The first kappa shape index (κ1) is 15.0. The van der Waals surface area contributed by atoms with Gasteiger partial charge in [-0.3, -0.25) is 0 Å². The van der Waals surface area contributed by atoms with Crippen LogP contribution < -0.4 is 9.47 Å². The summed E-state index contributed by atoms with van der Waals surface area (Å²) in [5.74, 6) is 3.00. The third-order valence-electron chi connectivity index (χ3n) is 4.25. The predicted octanol–water partition coefficient (Wildman–Crippen LogP) is 5.19. The molecule has 3 aromatic rings. The highest BCUT2D eigenvalue weighted by atomic mass is 16.5. The number of benzene rings is 2. The second-order valence-electron chi connectivity index (χ2n) is 6.25. The molecule has 0 unspecified atom stereocenters. The fourth-order valence-corrected chi connectivity index (χ4v) is 2.59. The van der Waals surface area contributed by atoms with Crippen molar-refractivity contribution < 1.29 is 9.47 Å². The quantitative estimate of drug-likeness (QED) is 0.626. The number of pyridine rings is 1. The first-order valence-corrected chi connectivity index (χ1v) is 8.40. The van der Waals surface area contributed by atoms with E-state index in [4.69, 9.17) is 9.47 Å². The van der Waals surface area contributed by atoms with Crippen LogP contribution in [0, 0.1) is 12.8 Å². The van der Waals surface area contributed by atoms with E-state index in [0.717, 1.165) is 41.3 Å². The van der Waals surface area contributed by atoms with Gasteiger partial charge in [-0.15, -0.1) is 0 Å². The van der Waals surface area contributed by atoms with E-state index in [2.05, 4.69) is 24.0 Å². The molecule has 0 saturated heterocycles. The molecule has 3 heteroatoms. The molecular weight excluding hydrogens is 298 g/mol. The van der Waals surface area contributed by atoms with Gasteiger partial charge in [-0.05, 0) is 80.1 Å². The molecule has 0 aliphatic heterocycles. The number of ether oxygens (including phenoxy) is 2. The van der Waals surface area contributed by atoms with Gasteiger partial charge in [0, 0.05) is 11.5 Å². The lowest BCUT2D eigenvalue weighted by Crippen LogP contribution is -1.98. The van der Waals surface area contributed by atoms with E-state index < -0.39 is 0 Å². The van der Waals surface area contributed by atoms with Gasteiger partial charge in [-0.25, -0.2) is 4.98 Å². The van der Waals surface area contributed by atoms with Crippen LogP contribution in [0.25, 0.3) is 10.9 Å². The van der Waals surface area contributed by atoms with Gasteiger partial charge >= 0.3 is 0 Å². The summed E-state index contributed by atoms with van der Waals surface area (Å²) in [7, 11) is 0. The third kappa shape index (κ3) is 3.51. The monoisotopic (exact) mass is 318 g/mol. The molecule has 0 bridgehead atoms. The van der Waals surface area contributed by atoms with Gasteiger partial charge in [0.25, 0.3) is 0 Å². The average Bonchev–Trinajstić information content (AvgIpc) is 3.45. The van der Waals surface area contributed by atoms with Crippen LogP contribution in [-0.4, -0.2) is 11.6 Å². The summed E-state index contributed by atoms with van der Waals surface area (Å²) in [6.07, 6.45) is 3.37. The molecule has 0 spiro atoms. The Balaban J connectivity index is 1.46. The van der Waals surface area contributed by atoms with Crippen LogP contribution in [0.3, 0.4) is 0 Å². The topological polar surface area (TPSA) is 31.4 Å². The van der Waals surface area contributed by atoms with Crippen molar-refractivity contribution in [1.82, 2.24) is 4.98 Å². The summed E-state index contributed by atoms with van der Waals surface area (Å²) in [4.78, 5) is 4.56. The number of nitrogens with zero attached hydrogens (tertiary/aromatic N) is 1. The Kier molecular flexibility index (Phi) is 4.08. The highest BCUT2D eigenvalue weighted by Crippen LogP contribution is 2.30. The zero-order chi connectivity index (χ0) is 16.4. The van der Waals surface area contributed by atoms with E-state index in [1.54, 1.807) is 0 Å². The van der Waals surface area contributed by atoms with Crippen LogP contribution in [0.2, 0.25) is 0 Å². The van der Waals surface area contributed by atoms with E-state index >= 15 is 0 Å². The van der Waals surface area contributed by atoms with Crippen LogP contribution in [0.15, 0.2) is 54.6 Å². The molecule has 4 rings (SSSR count). The Hall–Kier alpha value is -2.55. The molecule has 1 radical (unpaired) electrons. The van der Waals surface area contributed by atoms with Crippen LogP contribution in [0.4, 0.5) is 0 Å². The van der Waals surface area contributed by atoms with Crippen LogP contribution in [-0.2, 0) is 6.42 Å². The zero-order valence-corrected chi connectivity index (χ0v) is 13.6. The maximum absolute atomic E-state index is 5.86. The molecule has 121 valence electrons. The van der Waals surface area contributed by atoms with E-state index in [-0.39, 0.29) is 0 Å². The van der Waals surface area contributed by atoms with E-state index in [1.165, 1.54) is 18.4 Å². The van der Waals surface area contributed by atoms with Gasteiger partial charge in [0.05, 0.1) is 12.1 Å². The standard InChI is InChI=1S/C21H20NO2/c1-2-15-5-11-20-17(13-15)6-12-21(22-20)24-19-9-7-18(8-10-19)23-14-16-3-4-16/h5-13,16H,1-4,14H2. The van der Waals surface area contributed by atoms with Crippen molar-refractivity contribution >= 4 is 10.9 Å². The number of hydrogen-bond donors (Lipinski definition) is 0. The molecule has 0 amide bonds. The smallest absolute Gasteiger partial charge is 0.219 e. The second-order valence-corrected chi connectivity index (χ2v) is 6.25. The van der Waals surface area contributed by atoms with Gasteiger partial charge in [-0.2, -0.15) is 0 Å². The molecule has 1 saturated carbocycles. The molecular formula is C21H20NO2. The largest absolute Gasteiger partial charge is 0.493 e. The molecule has 2 aromatic carbocycles. The van der Waals surface area contributed by atoms with E-state index in [0.29, 0.717) is 5.88 Å². The van der Waals surface area contributed by atoms with E-state index in [1.807, 2.05) is 42.5 Å². The third-order valence-corrected chi connectivity index (χ3v) is 4.25. The summed E-state index contributed by atoms with van der Waals surface area (Å²) in [5.41, 5.74) is 2.13. The molecule has 1 aromatic heterocycles.